The molecule has 3 aromatic carbocycles. The standard InChI is InChI=1S/C30H32N4O4/c1-2-3-10-31-24-9-8-22-27-29(24)38-26-18-21-7-5-4-6-20(21)17-25(26)34(27)19-23(28(22)35)30(36)32-11-12-33-13-15-37-16-14-33/h4-9,17-19,31H,2-3,10-16H2,1H3,(H,32,36). The van der Waals surface area contributed by atoms with E-state index in [0.29, 0.717) is 42.2 Å². The Hall–Kier alpha value is -3.88. The number of carbonyl (C=O) groups excluding carboxylic acids is 1. The van der Waals surface area contributed by atoms with Crippen LogP contribution in [0.15, 0.2) is 59.5 Å². The molecule has 0 aliphatic carbocycles. The molecule has 1 aromatic heterocycles. The quantitative estimate of drug-likeness (QED) is 0.297. The first kappa shape index (κ1) is 24.5. The van der Waals surface area contributed by atoms with Crippen molar-refractivity contribution in [2.24, 2.45) is 0 Å². The molecule has 0 atom stereocenters. The highest BCUT2D eigenvalue weighted by molar-refractivity contribution is 6.01. The third-order valence-corrected chi connectivity index (χ3v) is 7.33. The van der Waals surface area contributed by atoms with Gasteiger partial charge in [0.2, 0.25) is 5.43 Å². The summed E-state index contributed by atoms with van der Waals surface area (Å²) in [4.78, 5) is 29.1. The molecule has 2 aliphatic rings. The minimum Gasteiger partial charge on any atom is -0.451 e. The van der Waals surface area contributed by atoms with Crippen LogP contribution in [0.3, 0.4) is 0 Å². The number of morpholine rings is 1. The number of aromatic nitrogens is 1. The lowest BCUT2D eigenvalue weighted by Gasteiger charge is -2.27. The number of amides is 1. The first-order valence-corrected chi connectivity index (χ1v) is 13.4. The largest absolute Gasteiger partial charge is 0.451 e. The molecule has 0 saturated carbocycles. The van der Waals surface area contributed by atoms with Crippen LogP contribution in [0.2, 0.25) is 0 Å². The summed E-state index contributed by atoms with van der Waals surface area (Å²) < 4.78 is 13.8. The molecule has 1 amide bonds. The van der Waals surface area contributed by atoms with Gasteiger partial charge in [-0.2, -0.15) is 0 Å². The van der Waals surface area contributed by atoms with E-state index in [1.165, 1.54) is 0 Å². The summed E-state index contributed by atoms with van der Waals surface area (Å²) in [6.07, 6.45) is 3.76. The Morgan fingerprint density at radius 3 is 2.61 bits per heavy atom. The van der Waals surface area contributed by atoms with E-state index in [1.807, 2.05) is 41.0 Å². The molecular weight excluding hydrogens is 480 g/mol. The summed E-state index contributed by atoms with van der Waals surface area (Å²) in [6.45, 7) is 7.24. The highest BCUT2D eigenvalue weighted by Crippen LogP contribution is 2.45. The predicted octanol–water partition coefficient (Wildman–Crippen LogP) is 4.52. The Morgan fingerprint density at radius 2 is 1.82 bits per heavy atom. The molecule has 3 heterocycles. The number of carbonyl (C=O) groups is 1. The maximum Gasteiger partial charge on any atom is 0.256 e. The number of rotatable bonds is 8. The van der Waals surface area contributed by atoms with Gasteiger partial charge in [0.05, 0.1) is 30.0 Å². The molecule has 8 nitrogen and oxygen atoms in total. The van der Waals surface area contributed by atoms with Crippen molar-refractivity contribution in [3.63, 3.8) is 0 Å². The molecule has 0 radical (unpaired) electrons. The van der Waals surface area contributed by atoms with Crippen LogP contribution in [0, 0.1) is 0 Å². The van der Waals surface area contributed by atoms with Crippen LogP contribution in [0.1, 0.15) is 30.1 Å². The molecule has 6 rings (SSSR count). The van der Waals surface area contributed by atoms with Crippen molar-refractivity contribution in [3.8, 4) is 17.2 Å². The molecule has 1 fully saturated rings. The predicted molar refractivity (Wildman–Crippen MR) is 150 cm³/mol. The third-order valence-electron chi connectivity index (χ3n) is 7.33. The van der Waals surface area contributed by atoms with Gasteiger partial charge in [0.15, 0.2) is 11.5 Å². The summed E-state index contributed by atoms with van der Waals surface area (Å²) in [6, 6.07) is 15.8. The Bertz CT molecular complexity index is 1570. The highest BCUT2D eigenvalue weighted by Gasteiger charge is 2.26. The summed E-state index contributed by atoms with van der Waals surface area (Å²) in [5.41, 5.74) is 2.13. The van der Waals surface area contributed by atoms with Gasteiger partial charge in [-0.1, -0.05) is 37.6 Å². The number of hydrogen-bond acceptors (Lipinski definition) is 6. The summed E-state index contributed by atoms with van der Waals surface area (Å²) in [7, 11) is 0. The second kappa shape index (κ2) is 10.5. The van der Waals surface area contributed by atoms with Crippen molar-refractivity contribution in [1.82, 2.24) is 14.8 Å². The normalized spacial score (nSPS) is 14.8. The molecule has 196 valence electrons. The van der Waals surface area contributed by atoms with Gasteiger partial charge in [0.25, 0.3) is 5.91 Å². The lowest BCUT2D eigenvalue weighted by Crippen LogP contribution is -2.42. The van der Waals surface area contributed by atoms with Crippen molar-refractivity contribution in [1.29, 1.82) is 0 Å². The molecule has 8 heteroatoms. The molecule has 0 unspecified atom stereocenters. The number of anilines is 1. The molecule has 4 aromatic rings. The van der Waals surface area contributed by atoms with Crippen LogP contribution in [-0.4, -0.2) is 61.3 Å². The number of benzene rings is 3. The third kappa shape index (κ3) is 4.50. The van der Waals surface area contributed by atoms with Crippen LogP contribution in [0.4, 0.5) is 5.69 Å². The monoisotopic (exact) mass is 512 g/mol. The summed E-state index contributed by atoms with van der Waals surface area (Å²) in [5.74, 6) is 0.928. The Morgan fingerprint density at radius 1 is 1.03 bits per heavy atom. The maximum atomic E-state index is 13.6. The van der Waals surface area contributed by atoms with Gasteiger partial charge in [-0.25, -0.2) is 0 Å². The first-order valence-electron chi connectivity index (χ1n) is 13.4. The van der Waals surface area contributed by atoms with E-state index in [9.17, 15) is 9.59 Å². The molecule has 0 bridgehead atoms. The lowest BCUT2D eigenvalue weighted by atomic mass is 10.0. The van der Waals surface area contributed by atoms with Crippen LogP contribution in [0.25, 0.3) is 27.4 Å². The van der Waals surface area contributed by atoms with E-state index < -0.39 is 0 Å². The fourth-order valence-electron chi connectivity index (χ4n) is 5.22. The zero-order chi connectivity index (χ0) is 26.1. The van der Waals surface area contributed by atoms with Crippen molar-refractivity contribution >= 4 is 33.3 Å². The smallest absolute Gasteiger partial charge is 0.256 e. The van der Waals surface area contributed by atoms with Crippen LogP contribution >= 0.6 is 0 Å². The molecule has 2 aliphatic heterocycles. The second-order valence-corrected chi connectivity index (χ2v) is 9.84. The molecule has 1 saturated heterocycles. The SMILES string of the molecule is CCCCNc1ccc2c(=O)c(C(=O)NCCN3CCOCC3)cn3c2c1Oc1cc2ccccc2cc1-3. The van der Waals surface area contributed by atoms with Gasteiger partial charge in [0.1, 0.15) is 11.1 Å². The number of hydrogen-bond donors (Lipinski definition) is 2. The zero-order valence-electron chi connectivity index (χ0n) is 21.6. The fourth-order valence-corrected chi connectivity index (χ4v) is 5.22. The van der Waals surface area contributed by atoms with Gasteiger partial charge >= 0.3 is 0 Å². The van der Waals surface area contributed by atoms with Crippen molar-refractivity contribution in [2.75, 3.05) is 51.3 Å². The Balaban J connectivity index is 1.43. The molecular formula is C30H32N4O4. The summed E-state index contributed by atoms with van der Waals surface area (Å²) in [5, 5.41) is 9.00. The average molecular weight is 513 g/mol. The van der Waals surface area contributed by atoms with E-state index in [2.05, 4.69) is 28.5 Å². The van der Waals surface area contributed by atoms with E-state index in [1.54, 1.807) is 12.3 Å². The van der Waals surface area contributed by atoms with Crippen molar-refractivity contribution < 1.29 is 14.3 Å². The van der Waals surface area contributed by atoms with E-state index in [4.69, 9.17) is 9.47 Å². The Labute approximate surface area is 221 Å². The number of unbranched alkanes of at least 4 members (excludes halogenated alkanes) is 1. The van der Waals surface area contributed by atoms with Crippen LogP contribution in [-0.2, 0) is 4.74 Å². The van der Waals surface area contributed by atoms with E-state index in [0.717, 1.165) is 61.2 Å². The van der Waals surface area contributed by atoms with Crippen LogP contribution < -0.4 is 20.8 Å². The summed E-state index contributed by atoms with van der Waals surface area (Å²) >= 11 is 0. The fraction of sp³-hybridized carbons (Fsp3) is 0.333. The highest BCUT2D eigenvalue weighted by atomic mass is 16.5. The minimum absolute atomic E-state index is 0.123. The van der Waals surface area contributed by atoms with Gasteiger partial charge in [-0.05, 0) is 41.5 Å². The zero-order valence-corrected chi connectivity index (χ0v) is 21.6. The average Bonchev–Trinajstić information content (AvgIpc) is 2.94. The Kier molecular flexibility index (Phi) is 6.74. The first-order chi connectivity index (χ1) is 18.6. The van der Waals surface area contributed by atoms with Gasteiger partial charge in [-0.3, -0.25) is 14.5 Å². The number of nitrogens with one attached hydrogen (secondary N) is 2. The number of pyridine rings is 1. The van der Waals surface area contributed by atoms with Gasteiger partial charge in [-0.15, -0.1) is 0 Å². The number of fused-ring (bicyclic) bond motifs is 3. The van der Waals surface area contributed by atoms with Crippen molar-refractivity contribution in [3.05, 3.63) is 70.5 Å². The van der Waals surface area contributed by atoms with Crippen LogP contribution in [0.5, 0.6) is 11.5 Å². The lowest BCUT2D eigenvalue weighted by molar-refractivity contribution is 0.0383. The number of ether oxygens (including phenoxy) is 2. The van der Waals surface area contributed by atoms with E-state index in [-0.39, 0.29) is 16.9 Å². The number of nitrogens with zero attached hydrogens (tertiary/aromatic N) is 2. The van der Waals surface area contributed by atoms with Crippen molar-refractivity contribution in [2.45, 2.75) is 19.8 Å². The maximum absolute atomic E-state index is 13.6. The minimum atomic E-state index is -0.366. The molecule has 0 spiro atoms. The van der Waals surface area contributed by atoms with E-state index >= 15 is 0 Å². The topological polar surface area (TPSA) is 84.8 Å². The van der Waals surface area contributed by atoms with Gasteiger partial charge < -0.3 is 24.7 Å². The second-order valence-electron chi connectivity index (χ2n) is 9.84. The molecule has 38 heavy (non-hydrogen) atoms. The molecule has 2 N–H and O–H groups in total. The van der Waals surface area contributed by atoms with Gasteiger partial charge in [0, 0.05) is 38.9 Å².